The van der Waals surface area contributed by atoms with Gasteiger partial charge in [-0.1, -0.05) is 30.3 Å². The second kappa shape index (κ2) is 5.37. The van der Waals surface area contributed by atoms with E-state index >= 15 is 0 Å². The Morgan fingerprint density at radius 3 is 2.59 bits per heavy atom. The minimum Gasteiger partial charge on any atom is -0.507 e. The second-order valence-electron chi connectivity index (χ2n) is 5.04. The number of nitrogens with zero attached hydrogens (tertiary/aromatic N) is 1. The maximum absolute atomic E-state index is 12.4. The van der Waals surface area contributed by atoms with E-state index in [2.05, 4.69) is 5.43 Å². The Labute approximate surface area is 127 Å². The highest BCUT2D eigenvalue weighted by Gasteiger charge is 2.34. The Morgan fingerprint density at radius 2 is 1.86 bits per heavy atom. The summed E-state index contributed by atoms with van der Waals surface area (Å²) in [5, 5.41) is 11.0. The first-order chi connectivity index (χ1) is 10.6. The maximum Gasteiger partial charge on any atom is 0.282 e. The fourth-order valence-electron chi connectivity index (χ4n) is 2.27. The van der Waals surface area contributed by atoms with Gasteiger partial charge in [-0.25, -0.2) is 5.01 Å². The summed E-state index contributed by atoms with van der Waals surface area (Å²) in [6.45, 7) is 1.91. The highest BCUT2D eigenvalue weighted by atomic mass is 16.3. The summed E-state index contributed by atoms with van der Waals surface area (Å²) in [5.74, 6) is -0.918. The molecule has 0 unspecified atom stereocenters. The van der Waals surface area contributed by atoms with Crippen LogP contribution in [0.3, 0.4) is 0 Å². The molecule has 0 saturated carbocycles. The van der Waals surface area contributed by atoms with Crippen molar-refractivity contribution < 1.29 is 14.7 Å². The van der Waals surface area contributed by atoms with Crippen LogP contribution >= 0.6 is 0 Å². The van der Waals surface area contributed by atoms with E-state index in [1.165, 1.54) is 17.2 Å². The van der Waals surface area contributed by atoms with E-state index in [9.17, 15) is 14.7 Å². The SMILES string of the molecule is Cc1cccc(N2NC(=O)/C(=C/c3ccccc3O)C2=O)c1. The van der Waals surface area contributed by atoms with E-state index in [-0.39, 0.29) is 11.3 Å². The molecule has 1 aliphatic heterocycles. The van der Waals surface area contributed by atoms with Crippen molar-refractivity contribution in [3.63, 3.8) is 0 Å². The molecule has 1 fully saturated rings. The normalized spacial score (nSPS) is 16.2. The Morgan fingerprint density at radius 1 is 1.09 bits per heavy atom. The Balaban J connectivity index is 1.97. The van der Waals surface area contributed by atoms with Gasteiger partial charge in [-0.2, -0.15) is 0 Å². The van der Waals surface area contributed by atoms with Gasteiger partial charge in [0.2, 0.25) is 0 Å². The summed E-state index contributed by atoms with van der Waals surface area (Å²) in [7, 11) is 0. The third-order valence-electron chi connectivity index (χ3n) is 3.39. The zero-order valence-electron chi connectivity index (χ0n) is 11.9. The van der Waals surface area contributed by atoms with Gasteiger partial charge in [0, 0.05) is 5.56 Å². The van der Waals surface area contributed by atoms with Crippen LogP contribution < -0.4 is 10.4 Å². The fraction of sp³-hybridized carbons (Fsp3) is 0.0588. The van der Waals surface area contributed by atoms with E-state index in [0.717, 1.165) is 5.56 Å². The zero-order chi connectivity index (χ0) is 15.7. The average molecular weight is 294 g/mol. The van der Waals surface area contributed by atoms with Gasteiger partial charge in [0.15, 0.2) is 0 Å². The molecule has 0 radical (unpaired) electrons. The number of phenolic OH excluding ortho intramolecular Hbond substituents is 1. The molecule has 2 amide bonds. The second-order valence-corrected chi connectivity index (χ2v) is 5.04. The molecule has 22 heavy (non-hydrogen) atoms. The first-order valence-corrected chi connectivity index (χ1v) is 6.78. The number of hydrogen-bond acceptors (Lipinski definition) is 3. The predicted octanol–water partition coefficient (Wildman–Crippen LogP) is 2.16. The molecule has 0 atom stereocenters. The van der Waals surface area contributed by atoms with Crippen LogP contribution in [-0.2, 0) is 9.59 Å². The lowest BCUT2D eigenvalue weighted by molar-refractivity contribution is -0.117. The monoisotopic (exact) mass is 294 g/mol. The number of benzene rings is 2. The zero-order valence-corrected chi connectivity index (χ0v) is 11.9. The number of para-hydroxylation sites is 1. The number of amides is 2. The molecule has 2 aromatic rings. The van der Waals surface area contributed by atoms with Gasteiger partial charge < -0.3 is 5.11 Å². The number of hydrazine groups is 1. The number of phenols is 1. The number of anilines is 1. The molecule has 0 aromatic heterocycles. The van der Waals surface area contributed by atoms with Gasteiger partial charge in [-0.15, -0.1) is 0 Å². The number of carbonyl (C=O) groups excluding carboxylic acids is 2. The van der Waals surface area contributed by atoms with Gasteiger partial charge in [-0.3, -0.25) is 15.0 Å². The summed E-state index contributed by atoms with van der Waals surface area (Å²) < 4.78 is 0. The number of aromatic hydroxyl groups is 1. The Hall–Kier alpha value is -3.08. The van der Waals surface area contributed by atoms with E-state index in [1.54, 1.807) is 30.3 Å². The van der Waals surface area contributed by atoms with Gasteiger partial charge >= 0.3 is 0 Å². The van der Waals surface area contributed by atoms with Crippen molar-refractivity contribution in [2.24, 2.45) is 0 Å². The van der Waals surface area contributed by atoms with Gasteiger partial charge in [0.05, 0.1) is 5.69 Å². The van der Waals surface area contributed by atoms with Gasteiger partial charge in [-0.05, 0) is 36.8 Å². The number of nitrogens with one attached hydrogen (secondary N) is 1. The molecule has 5 heteroatoms. The molecular weight excluding hydrogens is 280 g/mol. The summed E-state index contributed by atoms with van der Waals surface area (Å²) in [6.07, 6.45) is 1.39. The Bertz CT molecular complexity index is 796. The van der Waals surface area contributed by atoms with Crippen LogP contribution in [0.1, 0.15) is 11.1 Å². The standard InChI is InChI=1S/C17H14N2O3/c1-11-5-4-7-13(9-11)19-17(22)14(16(21)18-19)10-12-6-2-3-8-15(12)20/h2-10,20H,1H3,(H,18,21)/b14-10-. The fourth-order valence-corrected chi connectivity index (χ4v) is 2.27. The van der Waals surface area contributed by atoms with Crippen molar-refractivity contribution in [2.45, 2.75) is 6.92 Å². The summed E-state index contributed by atoms with van der Waals surface area (Å²) >= 11 is 0. The number of carbonyl (C=O) groups is 2. The lowest BCUT2D eigenvalue weighted by Crippen LogP contribution is -2.35. The van der Waals surface area contributed by atoms with Crippen LogP contribution in [0.4, 0.5) is 5.69 Å². The summed E-state index contributed by atoms with van der Waals surface area (Å²) in [6, 6.07) is 13.8. The first kappa shape index (κ1) is 13.9. The van der Waals surface area contributed by atoms with Crippen LogP contribution in [0.5, 0.6) is 5.75 Å². The van der Waals surface area contributed by atoms with E-state index in [0.29, 0.717) is 11.3 Å². The highest BCUT2D eigenvalue weighted by molar-refractivity contribution is 6.31. The average Bonchev–Trinajstić information content (AvgIpc) is 2.77. The van der Waals surface area contributed by atoms with Crippen molar-refractivity contribution in [1.82, 2.24) is 5.43 Å². The van der Waals surface area contributed by atoms with Crippen molar-refractivity contribution >= 4 is 23.6 Å². The molecule has 0 aliphatic carbocycles. The quantitative estimate of drug-likeness (QED) is 0.658. The highest BCUT2D eigenvalue weighted by Crippen LogP contribution is 2.24. The lowest BCUT2D eigenvalue weighted by Gasteiger charge is -2.14. The van der Waals surface area contributed by atoms with Crippen LogP contribution in [-0.4, -0.2) is 16.9 Å². The van der Waals surface area contributed by atoms with Crippen LogP contribution in [0.25, 0.3) is 6.08 Å². The molecule has 3 rings (SSSR count). The third kappa shape index (κ3) is 2.44. The molecule has 1 aliphatic rings. The lowest BCUT2D eigenvalue weighted by atomic mass is 10.1. The first-order valence-electron chi connectivity index (χ1n) is 6.78. The van der Waals surface area contributed by atoms with Crippen LogP contribution in [0.2, 0.25) is 0 Å². The van der Waals surface area contributed by atoms with E-state index in [4.69, 9.17) is 0 Å². The molecule has 1 saturated heterocycles. The number of rotatable bonds is 2. The van der Waals surface area contributed by atoms with Crippen molar-refractivity contribution in [3.8, 4) is 5.75 Å². The molecule has 0 bridgehead atoms. The third-order valence-corrected chi connectivity index (χ3v) is 3.39. The van der Waals surface area contributed by atoms with Crippen molar-refractivity contribution in [1.29, 1.82) is 0 Å². The molecule has 1 heterocycles. The molecular formula is C17H14N2O3. The van der Waals surface area contributed by atoms with Gasteiger partial charge in [0.25, 0.3) is 11.8 Å². The smallest absolute Gasteiger partial charge is 0.282 e. The van der Waals surface area contributed by atoms with Crippen LogP contribution in [0, 0.1) is 6.92 Å². The topological polar surface area (TPSA) is 69.6 Å². The number of hydrogen-bond donors (Lipinski definition) is 2. The Kier molecular flexibility index (Phi) is 3.39. The van der Waals surface area contributed by atoms with E-state index in [1.807, 2.05) is 19.1 Å². The van der Waals surface area contributed by atoms with E-state index < -0.39 is 11.8 Å². The minimum absolute atomic E-state index is 0.0111. The number of aryl methyl sites for hydroxylation is 1. The summed E-state index contributed by atoms with van der Waals surface area (Å²) in [4.78, 5) is 24.5. The van der Waals surface area contributed by atoms with Crippen molar-refractivity contribution in [2.75, 3.05) is 5.01 Å². The molecule has 2 N–H and O–H groups in total. The predicted molar refractivity (Wildman–Crippen MR) is 82.9 cm³/mol. The van der Waals surface area contributed by atoms with Gasteiger partial charge in [0.1, 0.15) is 11.3 Å². The molecule has 2 aromatic carbocycles. The largest absolute Gasteiger partial charge is 0.507 e. The van der Waals surface area contributed by atoms with Crippen LogP contribution in [0.15, 0.2) is 54.1 Å². The molecule has 0 spiro atoms. The molecule has 5 nitrogen and oxygen atoms in total. The molecule has 110 valence electrons. The maximum atomic E-state index is 12.4. The van der Waals surface area contributed by atoms with Crippen molar-refractivity contribution in [3.05, 3.63) is 65.2 Å². The summed E-state index contributed by atoms with van der Waals surface area (Å²) in [5.41, 5.74) is 4.52. The minimum atomic E-state index is -0.491.